The largest absolute Gasteiger partial charge is 0.478 e. The van der Waals surface area contributed by atoms with Crippen molar-refractivity contribution in [1.29, 1.82) is 0 Å². The van der Waals surface area contributed by atoms with Crippen LogP contribution in [0, 0.1) is 5.92 Å². The van der Waals surface area contributed by atoms with Crippen LogP contribution in [-0.4, -0.2) is 135 Å². The van der Waals surface area contributed by atoms with Gasteiger partial charge >= 0.3 is 6.09 Å². The van der Waals surface area contributed by atoms with E-state index in [0.29, 0.717) is 91.3 Å². The number of anilines is 1. The summed E-state index contributed by atoms with van der Waals surface area (Å²) in [6, 6.07) is 25.7. The minimum absolute atomic E-state index is 0.0921. The second kappa shape index (κ2) is 22.7. The molecule has 2 saturated heterocycles. The first-order valence-corrected chi connectivity index (χ1v) is 20.6. The summed E-state index contributed by atoms with van der Waals surface area (Å²) in [5.41, 5.74) is 1.95. The monoisotopic (exact) mass is 852 g/mol. The molecule has 2 fully saturated rings. The zero-order valence-electron chi connectivity index (χ0n) is 33.2. The summed E-state index contributed by atoms with van der Waals surface area (Å²) in [7, 11) is 0. The highest BCUT2D eigenvalue weighted by molar-refractivity contribution is 9.10. The number of carbonyl (C=O) groups is 3. The molecule has 0 aliphatic carbocycles. The first-order valence-electron chi connectivity index (χ1n) is 19.8. The van der Waals surface area contributed by atoms with E-state index in [1.807, 2.05) is 83.8 Å². The molecule has 0 saturated carbocycles. The van der Waals surface area contributed by atoms with Crippen molar-refractivity contribution in [3.63, 3.8) is 0 Å². The summed E-state index contributed by atoms with van der Waals surface area (Å²) in [5.74, 6) is 0.256. The highest BCUT2D eigenvalue weighted by atomic mass is 79.9. The van der Waals surface area contributed by atoms with Gasteiger partial charge in [0.25, 0.3) is 5.91 Å². The van der Waals surface area contributed by atoms with E-state index in [9.17, 15) is 19.5 Å². The smallest absolute Gasteiger partial charge is 0.407 e. The maximum atomic E-state index is 14.2. The second-order valence-electron chi connectivity index (χ2n) is 14.7. The molecular weight excluding hydrogens is 796 g/mol. The van der Waals surface area contributed by atoms with Gasteiger partial charge in [0.15, 0.2) is 5.60 Å². The van der Waals surface area contributed by atoms with Crippen LogP contribution < -0.4 is 9.64 Å². The summed E-state index contributed by atoms with van der Waals surface area (Å²) in [6.45, 7) is 10.7. The lowest BCUT2D eigenvalue weighted by atomic mass is 9.95. The first kappa shape index (κ1) is 43.9. The van der Waals surface area contributed by atoms with Gasteiger partial charge < -0.3 is 48.4 Å². The Balaban J connectivity index is 1.07. The van der Waals surface area contributed by atoms with Crippen LogP contribution in [0.5, 0.6) is 5.75 Å². The minimum atomic E-state index is -1.15. The number of amides is 3. The molecule has 2 aliphatic rings. The Hall–Kier alpha value is -4.21. The molecule has 57 heavy (non-hydrogen) atoms. The summed E-state index contributed by atoms with van der Waals surface area (Å²) < 4.78 is 30.1. The Bertz CT molecular complexity index is 1690. The number of hydrogen-bond acceptors (Lipinski definition) is 9. The van der Waals surface area contributed by atoms with Crippen molar-refractivity contribution < 1.29 is 43.2 Å². The Labute approximate surface area is 344 Å². The van der Waals surface area contributed by atoms with Crippen molar-refractivity contribution in [2.75, 3.05) is 97.0 Å². The van der Waals surface area contributed by atoms with E-state index in [1.54, 1.807) is 18.7 Å². The predicted octanol–water partition coefficient (Wildman–Crippen LogP) is 5.94. The Kier molecular flexibility index (Phi) is 17.5. The quantitative estimate of drug-likeness (QED) is 0.129. The fourth-order valence-electron chi connectivity index (χ4n) is 6.91. The van der Waals surface area contributed by atoms with Crippen molar-refractivity contribution >= 4 is 39.5 Å². The molecule has 0 bridgehead atoms. The van der Waals surface area contributed by atoms with Crippen molar-refractivity contribution in [3.8, 4) is 5.75 Å². The molecule has 2 heterocycles. The zero-order valence-corrected chi connectivity index (χ0v) is 34.8. The average Bonchev–Trinajstić information content (AvgIpc) is 3.22. The molecule has 0 radical (unpaired) electrons. The van der Waals surface area contributed by atoms with E-state index in [2.05, 4.69) is 20.8 Å². The van der Waals surface area contributed by atoms with Crippen LogP contribution in [0.15, 0.2) is 83.3 Å². The van der Waals surface area contributed by atoms with E-state index < -0.39 is 11.7 Å². The van der Waals surface area contributed by atoms with Gasteiger partial charge in [0.05, 0.1) is 58.8 Å². The number of halogens is 1. The molecule has 14 heteroatoms. The van der Waals surface area contributed by atoms with Crippen LogP contribution in [0.3, 0.4) is 0 Å². The molecule has 2 aliphatic heterocycles. The van der Waals surface area contributed by atoms with E-state index in [-0.39, 0.29) is 30.8 Å². The van der Waals surface area contributed by atoms with Crippen molar-refractivity contribution in [2.24, 2.45) is 5.92 Å². The number of carboxylic acid groups (broad SMARTS) is 1. The molecular formula is C43H57BrN4O9. The van der Waals surface area contributed by atoms with Gasteiger partial charge in [-0.05, 0) is 62.1 Å². The third kappa shape index (κ3) is 14.3. The van der Waals surface area contributed by atoms with Gasteiger partial charge in [-0.2, -0.15) is 0 Å². The Morgan fingerprint density at radius 1 is 0.754 bits per heavy atom. The van der Waals surface area contributed by atoms with Gasteiger partial charge in [-0.3, -0.25) is 9.59 Å². The van der Waals surface area contributed by atoms with Crippen LogP contribution in [-0.2, 0) is 41.7 Å². The van der Waals surface area contributed by atoms with Gasteiger partial charge in [-0.1, -0.05) is 64.5 Å². The van der Waals surface area contributed by atoms with Crippen LogP contribution in [0.2, 0.25) is 0 Å². The normalized spacial score (nSPS) is 16.1. The van der Waals surface area contributed by atoms with Gasteiger partial charge in [-0.15, -0.1) is 0 Å². The van der Waals surface area contributed by atoms with Crippen LogP contribution in [0.4, 0.5) is 10.5 Å². The standard InChI is InChI=1S/C43H57BrN4O9/c1-43(2,41(50)45-18-20-46(21-19-45)42(51)52)57-39-12-6-11-38(30-39)47-17-7-10-36(32-47)40(49)48(31-34-13-15-37(44)16-14-34)22-23-53-24-25-54-26-27-55-28-29-56-33-35-8-4-3-5-9-35/h3-6,8-9,11-16,30,36H,7,10,17-29,31-33H2,1-2H3,(H,51,52)/t36-/m1/s1. The summed E-state index contributed by atoms with van der Waals surface area (Å²) >= 11 is 3.51. The fourth-order valence-corrected chi connectivity index (χ4v) is 7.18. The molecule has 0 unspecified atom stereocenters. The van der Waals surface area contributed by atoms with E-state index >= 15 is 0 Å². The molecule has 0 aromatic heterocycles. The number of carbonyl (C=O) groups excluding carboxylic acids is 2. The summed E-state index contributed by atoms with van der Waals surface area (Å²) in [6.07, 6.45) is 0.669. The van der Waals surface area contributed by atoms with E-state index in [4.69, 9.17) is 23.7 Å². The maximum Gasteiger partial charge on any atom is 0.407 e. The van der Waals surface area contributed by atoms with Crippen LogP contribution >= 0.6 is 15.9 Å². The lowest BCUT2D eigenvalue weighted by Crippen LogP contribution is -2.56. The first-order chi connectivity index (χ1) is 27.6. The van der Waals surface area contributed by atoms with Crippen molar-refractivity contribution in [3.05, 3.63) is 94.5 Å². The van der Waals surface area contributed by atoms with Gasteiger partial charge in [0.2, 0.25) is 5.91 Å². The Morgan fingerprint density at radius 2 is 1.39 bits per heavy atom. The molecule has 1 atom stereocenters. The Morgan fingerprint density at radius 3 is 2.05 bits per heavy atom. The maximum absolute atomic E-state index is 14.2. The molecule has 0 spiro atoms. The highest BCUT2D eigenvalue weighted by Gasteiger charge is 2.37. The van der Waals surface area contributed by atoms with Crippen molar-refractivity contribution in [2.45, 2.75) is 45.4 Å². The van der Waals surface area contributed by atoms with Crippen molar-refractivity contribution in [1.82, 2.24) is 14.7 Å². The number of nitrogens with zero attached hydrogens (tertiary/aromatic N) is 4. The van der Waals surface area contributed by atoms with E-state index in [0.717, 1.165) is 40.7 Å². The molecule has 310 valence electrons. The molecule has 5 rings (SSSR count). The number of piperidine rings is 1. The average molecular weight is 854 g/mol. The number of ether oxygens (including phenoxy) is 5. The molecule has 3 amide bonds. The highest BCUT2D eigenvalue weighted by Crippen LogP contribution is 2.30. The minimum Gasteiger partial charge on any atom is -0.478 e. The SMILES string of the molecule is CC(C)(Oc1cccc(N2CCC[C@@H](C(=O)N(CCOCCOCCOCCOCc3ccccc3)Cc3ccc(Br)cc3)C2)c1)C(=O)N1CCN(C(=O)O)CC1. The summed E-state index contributed by atoms with van der Waals surface area (Å²) in [5, 5.41) is 9.27. The molecule has 1 N–H and O–H groups in total. The number of piperazine rings is 1. The number of hydrogen-bond donors (Lipinski definition) is 1. The second-order valence-corrected chi connectivity index (χ2v) is 15.6. The number of rotatable bonds is 21. The molecule has 3 aromatic rings. The number of benzene rings is 3. The van der Waals surface area contributed by atoms with Crippen LogP contribution in [0.25, 0.3) is 0 Å². The molecule has 3 aromatic carbocycles. The van der Waals surface area contributed by atoms with Gasteiger partial charge in [0.1, 0.15) is 5.75 Å². The van der Waals surface area contributed by atoms with Crippen LogP contribution in [0.1, 0.15) is 37.8 Å². The lowest BCUT2D eigenvalue weighted by molar-refractivity contribution is -0.147. The topological polar surface area (TPSA) is 131 Å². The molecule has 13 nitrogen and oxygen atoms in total. The predicted molar refractivity (Wildman–Crippen MR) is 220 cm³/mol. The van der Waals surface area contributed by atoms with Gasteiger partial charge in [-0.25, -0.2) is 4.79 Å². The lowest BCUT2D eigenvalue weighted by Gasteiger charge is -2.38. The summed E-state index contributed by atoms with van der Waals surface area (Å²) in [4.78, 5) is 46.0. The zero-order chi connectivity index (χ0) is 40.5. The van der Waals surface area contributed by atoms with Gasteiger partial charge in [0, 0.05) is 68.6 Å². The van der Waals surface area contributed by atoms with E-state index in [1.165, 1.54) is 4.90 Å². The third-order valence-corrected chi connectivity index (χ3v) is 10.5. The third-order valence-electron chi connectivity index (χ3n) is 10.0. The fraction of sp³-hybridized carbons (Fsp3) is 0.512.